The molecule has 0 atom stereocenters. The summed E-state index contributed by atoms with van der Waals surface area (Å²) in [7, 11) is -2.01. The number of hydrogen-bond donors (Lipinski definition) is 3. The molecule has 3 rings (SSSR count). The van der Waals surface area contributed by atoms with E-state index in [0.717, 1.165) is 25.9 Å². The zero-order valence-electron chi connectivity index (χ0n) is 13.4. The van der Waals surface area contributed by atoms with E-state index in [9.17, 15) is 8.42 Å². The molecule has 4 N–H and O–H groups in total. The lowest BCUT2D eigenvalue weighted by molar-refractivity contribution is 0.601. The van der Waals surface area contributed by atoms with E-state index in [-0.39, 0.29) is 10.7 Å². The van der Waals surface area contributed by atoms with Crippen molar-refractivity contribution >= 4 is 33.3 Å². The molecule has 24 heavy (non-hydrogen) atoms. The van der Waals surface area contributed by atoms with Gasteiger partial charge >= 0.3 is 0 Å². The Hall–Kier alpha value is -2.55. The zero-order valence-corrected chi connectivity index (χ0v) is 14.2. The van der Waals surface area contributed by atoms with Crippen molar-refractivity contribution in [2.24, 2.45) is 0 Å². The first-order valence-corrected chi connectivity index (χ1v) is 9.16. The highest BCUT2D eigenvalue weighted by atomic mass is 32.2. The predicted molar refractivity (Wildman–Crippen MR) is 94.7 cm³/mol. The Bertz CT molecular complexity index is 816. The summed E-state index contributed by atoms with van der Waals surface area (Å²) in [5, 5.41) is 2.94. The first kappa shape index (κ1) is 16.3. The lowest BCUT2D eigenvalue weighted by Gasteiger charge is -2.17. The van der Waals surface area contributed by atoms with Crippen LogP contribution in [0.5, 0.6) is 0 Å². The fourth-order valence-corrected chi connectivity index (χ4v) is 3.51. The van der Waals surface area contributed by atoms with Gasteiger partial charge in [0.2, 0.25) is 5.95 Å². The Morgan fingerprint density at radius 2 is 1.71 bits per heavy atom. The third kappa shape index (κ3) is 3.51. The van der Waals surface area contributed by atoms with Crippen molar-refractivity contribution < 1.29 is 8.42 Å². The van der Waals surface area contributed by atoms with Crippen LogP contribution >= 0.6 is 0 Å². The van der Waals surface area contributed by atoms with Gasteiger partial charge in [0, 0.05) is 31.9 Å². The van der Waals surface area contributed by atoms with E-state index in [1.165, 1.54) is 12.1 Å². The Morgan fingerprint density at radius 1 is 1.08 bits per heavy atom. The van der Waals surface area contributed by atoms with Gasteiger partial charge < -0.3 is 16.0 Å². The van der Waals surface area contributed by atoms with Crippen molar-refractivity contribution in [3.63, 3.8) is 0 Å². The molecule has 2 heterocycles. The van der Waals surface area contributed by atoms with Gasteiger partial charge in [0.1, 0.15) is 11.6 Å². The molecule has 0 amide bonds. The van der Waals surface area contributed by atoms with Crippen LogP contribution in [0.3, 0.4) is 0 Å². The van der Waals surface area contributed by atoms with E-state index in [1.54, 1.807) is 25.2 Å². The predicted octanol–water partition coefficient (Wildman–Crippen LogP) is 1.50. The Labute approximate surface area is 141 Å². The SMILES string of the molecule is CNc1cc(NS(=O)(=O)c2ccc(N)cc2)nc(N2CCCC2)n1. The van der Waals surface area contributed by atoms with Crippen LogP contribution in [-0.2, 0) is 10.0 Å². The second kappa shape index (κ2) is 6.52. The number of anilines is 4. The highest BCUT2D eigenvalue weighted by molar-refractivity contribution is 7.92. The van der Waals surface area contributed by atoms with Crippen molar-refractivity contribution in [1.29, 1.82) is 0 Å². The second-order valence-corrected chi connectivity index (χ2v) is 7.24. The fraction of sp³-hybridized carbons (Fsp3) is 0.333. The van der Waals surface area contributed by atoms with E-state index < -0.39 is 10.0 Å². The van der Waals surface area contributed by atoms with Crippen LogP contribution in [0.15, 0.2) is 35.2 Å². The third-order valence-corrected chi connectivity index (χ3v) is 5.16. The number of benzene rings is 1. The van der Waals surface area contributed by atoms with E-state index in [1.807, 2.05) is 4.90 Å². The van der Waals surface area contributed by atoms with Crippen LogP contribution in [0.25, 0.3) is 0 Å². The minimum Gasteiger partial charge on any atom is -0.399 e. The van der Waals surface area contributed by atoms with Crippen LogP contribution < -0.4 is 20.7 Å². The number of sulfonamides is 1. The summed E-state index contributed by atoms with van der Waals surface area (Å²) in [6.45, 7) is 1.74. The number of nitrogens with zero attached hydrogens (tertiary/aromatic N) is 3. The molecule has 0 spiro atoms. The molecule has 0 unspecified atom stereocenters. The topological polar surface area (TPSA) is 113 Å². The quantitative estimate of drug-likeness (QED) is 0.702. The molecule has 1 fully saturated rings. The molecule has 1 aliphatic rings. The van der Waals surface area contributed by atoms with Crippen LogP contribution in [0, 0.1) is 0 Å². The van der Waals surface area contributed by atoms with Gasteiger partial charge in [-0.2, -0.15) is 9.97 Å². The Morgan fingerprint density at radius 3 is 2.33 bits per heavy atom. The summed E-state index contributed by atoms with van der Waals surface area (Å²) >= 11 is 0. The largest absolute Gasteiger partial charge is 0.399 e. The van der Waals surface area contributed by atoms with Gasteiger partial charge in [0.05, 0.1) is 4.90 Å². The molecule has 8 nitrogen and oxygen atoms in total. The standard InChI is InChI=1S/C15H20N6O2S/c1-17-13-10-14(19-15(18-13)21-8-2-3-9-21)20-24(22,23)12-6-4-11(16)5-7-12/h4-7,10H,2-3,8-9,16H2,1H3,(H2,17,18,19,20). The molecule has 128 valence electrons. The monoisotopic (exact) mass is 348 g/mol. The highest BCUT2D eigenvalue weighted by Gasteiger charge is 2.19. The van der Waals surface area contributed by atoms with Crippen molar-refractivity contribution in [3.05, 3.63) is 30.3 Å². The van der Waals surface area contributed by atoms with Crippen molar-refractivity contribution in [2.45, 2.75) is 17.7 Å². The Balaban J connectivity index is 1.90. The van der Waals surface area contributed by atoms with Crippen LogP contribution in [0.1, 0.15) is 12.8 Å². The smallest absolute Gasteiger partial charge is 0.263 e. The van der Waals surface area contributed by atoms with Crippen molar-refractivity contribution in [3.8, 4) is 0 Å². The van der Waals surface area contributed by atoms with Gasteiger partial charge in [-0.3, -0.25) is 4.72 Å². The second-order valence-electron chi connectivity index (χ2n) is 5.56. The lowest BCUT2D eigenvalue weighted by Crippen LogP contribution is -2.22. The Kier molecular flexibility index (Phi) is 4.43. The number of aromatic nitrogens is 2. The normalized spacial score (nSPS) is 14.6. The minimum absolute atomic E-state index is 0.129. The average molecular weight is 348 g/mol. The highest BCUT2D eigenvalue weighted by Crippen LogP contribution is 2.23. The number of nitrogen functional groups attached to an aromatic ring is 1. The van der Waals surface area contributed by atoms with Crippen LogP contribution in [0.4, 0.5) is 23.3 Å². The lowest BCUT2D eigenvalue weighted by atomic mass is 10.3. The van der Waals surface area contributed by atoms with Crippen LogP contribution in [0.2, 0.25) is 0 Å². The molecular formula is C15H20N6O2S. The summed E-state index contributed by atoms with van der Waals surface area (Å²) in [6, 6.07) is 7.57. The van der Waals surface area contributed by atoms with Gasteiger partial charge in [-0.15, -0.1) is 0 Å². The molecule has 1 aliphatic heterocycles. The first-order chi connectivity index (χ1) is 11.5. The molecule has 1 aromatic heterocycles. The van der Waals surface area contributed by atoms with Crippen LogP contribution in [-0.4, -0.2) is 38.5 Å². The number of hydrogen-bond acceptors (Lipinski definition) is 7. The van der Waals surface area contributed by atoms with Gasteiger partial charge in [0.25, 0.3) is 10.0 Å². The first-order valence-electron chi connectivity index (χ1n) is 7.68. The van der Waals surface area contributed by atoms with Gasteiger partial charge in [0.15, 0.2) is 0 Å². The third-order valence-electron chi connectivity index (χ3n) is 3.79. The summed E-state index contributed by atoms with van der Waals surface area (Å²) in [6.07, 6.45) is 2.17. The molecular weight excluding hydrogens is 328 g/mol. The summed E-state index contributed by atoms with van der Waals surface area (Å²) in [4.78, 5) is 10.9. The fourth-order valence-electron chi connectivity index (χ4n) is 2.52. The van der Waals surface area contributed by atoms with E-state index in [4.69, 9.17) is 5.73 Å². The minimum atomic E-state index is -3.74. The maximum Gasteiger partial charge on any atom is 0.263 e. The number of nitrogens with one attached hydrogen (secondary N) is 2. The molecule has 0 radical (unpaired) electrons. The van der Waals surface area contributed by atoms with Gasteiger partial charge in [-0.1, -0.05) is 0 Å². The summed E-state index contributed by atoms with van der Waals surface area (Å²) in [5.74, 6) is 1.31. The maximum atomic E-state index is 12.5. The van der Waals surface area contributed by atoms with E-state index in [2.05, 4.69) is 20.0 Å². The molecule has 2 aromatic rings. The molecule has 0 aliphatic carbocycles. The molecule has 0 saturated carbocycles. The van der Waals surface area contributed by atoms with Gasteiger partial charge in [-0.05, 0) is 37.1 Å². The maximum absolute atomic E-state index is 12.5. The average Bonchev–Trinajstić information content (AvgIpc) is 3.09. The van der Waals surface area contributed by atoms with E-state index in [0.29, 0.717) is 17.5 Å². The molecule has 1 aromatic carbocycles. The zero-order chi connectivity index (χ0) is 17.2. The van der Waals surface area contributed by atoms with Gasteiger partial charge in [-0.25, -0.2) is 8.42 Å². The summed E-state index contributed by atoms with van der Waals surface area (Å²) < 4.78 is 27.5. The summed E-state index contributed by atoms with van der Waals surface area (Å²) in [5.41, 5.74) is 6.10. The van der Waals surface area contributed by atoms with Crippen molar-refractivity contribution in [1.82, 2.24) is 9.97 Å². The number of nitrogens with two attached hydrogens (primary N) is 1. The molecule has 9 heteroatoms. The van der Waals surface area contributed by atoms with Crippen molar-refractivity contribution in [2.75, 3.05) is 40.8 Å². The number of rotatable bonds is 5. The van der Waals surface area contributed by atoms with E-state index >= 15 is 0 Å². The molecule has 0 bridgehead atoms. The molecule has 1 saturated heterocycles.